The molecule has 0 aromatic heterocycles. The first kappa shape index (κ1) is 21.9. The molecule has 0 aliphatic rings. The van der Waals surface area contributed by atoms with Gasteiger partial charge in [-0.05, 0) is 36.2 Å². The minimum absolute atomic E-state index is 0.0375. The van der Waals surface area contributed by atoms with Gasteiger partial charge in [0.2, 0.25) is 0 Å². The van der Waals surface area contributed by atoms with Crippen molar-refractivity contribution in [1.29, 1.82) is 0 Å². The fourth-order valence-electron chi connectivity index (χ4n) is 2.30. The molecule has 6 nitrogen and oxygen atoms in total. The van der Waals surface area contributed by atoms with Crippen LogP contribution in [-0.2, 0) is 26.9 Å². The van der Waals surface area contributed by atoms with Crippen molar-refractivity contribution in [3.05, 3.63) is 71.3 Å². The summed E-state index contributed by atoms with van der Waals surface area (Å²) >= 11 is 0. The number of alkyl halides is 3. The number of esters is 1. The van der Waals surface area contributed by atoms with E-state index < -0.39 is 42.7 Å². The molecule has 2 amide bonds. The van der Waals surface area contributed by atoms with Crippen LogP contribution >= 0.6 is 0 Å². The molecule has 0 radical (unpaired) electrons. The third-order valence-corrected chi connectivity index (χ3v) is 3.81. The van der Waals surface area contributed by atoms with Crippen LogP contribution in [0.4, 0.5) is 13.2 Å². The smallest absolute Gasteiger partial charge is 0.416 e. The first-order valence-corrected chi connectivity index (χ1v) is 8.67. The highest BCUT2D eigenvalue weighted by atomic mass is 19.4. The Morgan fingerprint density at radius 2 is 1.55 bits per heavy atom. The molecule has 29 heavy (non-hydrogen) atoms. The van der Waals surface area contributed by atoms with Gasteiger partial charge in [-0.25, -0.2) is 0 Å². The van der Waals surface area contributed by atoms with Gasteiger partial charge >= 0.3 is 12.1 Å². The molecular formula is C20H19F3N2O4. The number of ether oxygens (including phenoxy) is 1. The van der Waals surface area contributed by atoms with Crippen LogP contribution in [0.25, 0.3) is 0 Å². The summed E-state index contributed by atoms with van der Waals surface area (Å²) in [6.45, 7) is -0.633. The number of amides is 2. The molecule has 9 heteroatoms. The lowest BCUT2D eigenvalue weighted by Gasteiger charge is -2.09. The normalized spacial score (nSPS) is 10.9. The van der Waals surface area contributed by atoms with Gasteiger partial charge in [0, 0.05) is 12.1 Å². The van der Waals surface area contributed by atoms with Crippen LogP contribution in [0.2, 0.25) is 0 Å². The maximum atomic E-state index is 12.5. The molecular weight excluding hydrogens is 389 g/mol. The summed E-state index contributed by atoms with van der Waals surface area (Å²) in [5.74, 6) is -2.06. The van der Waals surface area contributed by atoms with Crippen LogP contribution in [0.15, 0.2) is 54.6 Å². The maximum Gasteiger partial charge on any atom is 0.416 e. The quantitative estimate of drug-likeness (QED) is 0.657. The molecule has 0 aliphatic heterocycles. The van der Waals surface area contributed by atoms with Crippen molar-refractivity contribution < 1.29 is 32.3 Å². The van der Waals surface area contributed by atoms with E-state index in [1.54, 1.807) is 0 Å². The second-order valence-corrected chi connectivity index (χ2v) is 6.00. The van der Waals surface area contributed by atoms with E-state index in [2.05, 4.69) is 10.6 Å². The Kier molecular flexibility index (Phi) is 7.76. The van der Waals surface area contributed by atoms with Gasteiger partial charge in [-0.2, -0.15) is 13.2 Å². The Bertz CT molecular complexity index is 837. The fraction of sp³-hybridized carbons (Fsp3) is 0.250. The standard InChI is InChI=1S/C20H19F3N2O4/c21-20(22,23)16-8-6-15(7-9-16)19(28)25-12-18(27)29-13-17(26)24-11-10-14-4-2-1-3-5-14/h1-9H,10-13H2,(H,24,26)(H,25,28). The Morgan fingerprint density at radius 1 is 0.897 bits per heavy atom. The largest absolute Gasteiger partial charge is 0.454 e. The molecule has 0 bridgehead atoms. The molecule has 0 saturated heterocycles. The fourth-order valence-corrected chi connectivity index (χ4v) is 2.30. The van der Waals surface area contributed by atoms with Crippen molar-refractivity contribution in [2.45, 2.75) is 12.6 Å². The number of carbonyl (C=O) groups excluding carboxylic acids is 3. The third kappa shape index (κ3) is 7.65. The lowest BCUT2D eigenvalue weighted by molar-refractivity contribution is -0.147. The number of carbonyl (C=O) groups is 3. The average molecular weight is 408 g/mol. The van der Waals surface area contributed by atoms with E-state index in [0.717, 1.165) is 29.8 Å². The van der Waals surface area contributed by atoms with Gasteiger partial charge in [0.05, 0.1) is 5.56 Å². The Balaban J connectivity index is 1.65. The van der Waals surface area contributed by atoms with Crippen LogP contribution in [0.5, 0.6) is 0 Å². The Hall–Kier alpha value is -3.36. The van der Waals surface area contributed by atoms with Crippen LogP contribution in [0.3, 0.4) is 0 Å². The summed E-state index contributed by atoms with van der Waals surface area (Å²) in [6.07, 6.45) is -3.87. The first-order valence-electron chi connectivity index (χ1n) is 8.67. The number of halogens is 3. The van der Waals surface area contributed by atoms with E-state index in [9.17, 15) is 27.6 Å². The second-order valence-electron chi connectivity index (χ2n) is 6.00. The van der Waals surface area contributed by atoms with Gasteiger partial charge in [-0.1, -0.05) is 30.3 Å². The predicted octanol–water partition coefficient (Wildman–Crippen LogP) is 2.34. The zero-order valence-electron chi connectivity index (χ0n) is 15.3. The number of benzene rings is 2. The number of rotatable bonds is 8. The molecule has 2 aromatic carbocycles. The highest BCUT2D eigenvalue weighted by molar-refractivity contribution is 5.96. The summed E-state index contributed by atoms with van der Waals surface area (Å²) in [5, 5.41) is 4.82. The molecule has 2 N–H and O–H groups in total. The summed E-state index contributed by atoms with van der Waals surface area (Å²) in [6, 6.07) is 13.1. The number of hydrogen-bond acceptors (Lipinski definition) is 4. The Morgan fingerprint density at radius 3 is 2.17 bits per heavy atom. The van der Waals surface area contributed by atoms with E-state index >= 15 is 0 Å². The van der Waals surface area contributed by atoms with Gasteiger partial charge < -0.3 is 15.4 Å². The topological polar surface area (TPSA) is 84.5 Å². The zero-order chi connectivity index (χ0) is 21.3. The van der Waals surface area contributed by atoms with E-state index in [1.807, 2.05) is 30.3 Å². The van der Waals surface area contributed by atoms with Crippen molar-refractivity contribution in [3.63, 3.8) is 0 Å². The van der Waals surface area contributed by atoms with Crippen LogP contribution in [-0.4, -0.2) is 37.5 Å². The maximum absolute atomic E-state index is 12.5. The van der Waals surface area contributed by atoms with Crippen molar-refractivity contribution >= 4 is 17.8 Å². The Labute approximate surface area is 165 Å². The highest BCUT2D eigenvalue weighted by Crippen LogP contribution is 2.29. The van der Waals surface area contributed by atoms with Crippen molar-refractivity contribution in [2.75, 3.05) is 19.7 Å². The number of hydrogen-bond donors (Lipinski definition) is 2. The van der Waals surface area contributed by atoms with Gasteiger partial charge in [0.1, 0.15) is 6.54 Å². The molecule has 0 saturated carbocycles. The molecule has 0 aliphatic carbocycles. The molecule has 154 valence electrons. The molecule has 0 atom stereocenters. The summed E-state index contributed by atoms with van der Waals surface area (Å²) < 4.78 is 42.2. The molecule has 0 heterocycles. The van der Waals surface area contributed by atoms with Crippen molar-refractivity contribution in [2.24, 2.45) is 0 Å². The van der Waals surface area contributed by atoms with E-state index in [1.165, 1.54) is 0 Å². The van der Waals surface area contributed by atoms with Crippen LogP contribution in [0.1, 0.15) is 21.5 Å². The summed E-state index contributed by atoms with van der Waals surface area (Å²) in [5.41, 5.74) is 0.131. The molecule has 2 aromatic rings. The number of nitrogens with one attached hydrogen (secondary N) is 2. The minimum Gasteiger partial charge on any atom is -0.454 e. The van der Waals surface area contributed by atoms with E-state index in [4.69, 9.17) is 4.74 Å². The highest BCUT2D eigenvalue weighted by Gasteiger charge is 2.30. The lowest BCUT2D eigenvalue weighted by atomic mass is 10.1. The van der Waals surface area contributed by atoms with E-state index in [0.29, 0.717) is 13.0 Å². The van der Waals surface area contributed by atoms with Crippen LogP contribution < -0.4 is 10.6 Å². The lowest BCUT2D eigenvalue weighted by Crippen LogP contribution is -2.34. The molecule has 2 rings (SSSR count). The molecule has 0 unspecified atom stereocenters. The van der Waals surface area contributed by atoms with Gasteiger partial charge in [-0.3, -0.25) is 14.4 Å². The predicted molar refractivity (Wildman–Crippen MR) is 97.9 cm³/mol. The average Bonchev–Trinajstić information content (AvgIpc) is 2.70. The van der Waals surface area contributed by atoms with Gasteiger partial charge in [0.25, 0.3) is 11.8 Å². The zero-order valence-corrected chi connectivity index (χ0v) is 15.3. The van der Waals surface area contributed by atoms with Crippen LogP contribution in [0, 0.1) is 0 Å². The van der Waals surface area contributed by atoms with Gasteiger partial charge in [0.15, 0.2) is 6.61 Å². The summed E-state index contributed by atoms with van der Waals surface area (Å²) in [7, 11) is 0. The summed E-state index contributed by atoms with van der Waals surface area (Å²) in [4.78, 5) is 35.1. The third-order valence-electron chi connectivity index (χ3n) is 3.81. The first-order chi connectivity index (χ1) is 13.8. The van der Waals surface area contributed by atoms with Crippen molar-refractivity contribution in [1.82, 2.24) is 10.6 Å². The minimum atomic E-state index is -4.50. The van der Waals surface area contributed by atoms with Gasteiger partial charge in [-0.15, -0.1) is 0 Å². The molecule has 0 spiro atoms. The van der Waals surface area contributed by atoms with E-state index in [-0.39, 0.29) is 5.56 Å². The molecule has 0 fully saturated rings. The SMILES string of the molecule is O=C(COC(=O)CNC(=O)c1ccc(C(F)(F)F)cc1)NCCc1ccccc1. The van der Waals surface area contributed by atoms with Crippen molar-refractivity contribution in [3.8, 4) is 0 Å². The second kappa shape index (κ2) is 10.3. The monoisotopic (exact) mass is 408 g/mol.